The molecule has 0 aliphatic heterocycles. The van der Waals surface area contributed by atoms with Gasteiger partial charge in [0.05, 0.1) is 0 Å². The van der Waals surface area contributed by atoms with Crippen molar-refractivity contribution in [3.8, 4) is 0 Å². The molecule has 7 heavy (non-hydrogen) atoms. The van der Waals surface area contributed by atoms with E-state index in [-0.39, 0.29) is 31.9 Å². The number of hydrogen-bond acceptors (Lipinski definition) is 1. The van der Waals surface area contributed by atoms with Crippen LogP contribution in [0.1, 0.15) is 5.48 Å². The fraction of sp³-hybridized carbons (Fsp3) is 1.00. The Hall–Kier alpha value is 0.540. The van der Waals surface area contributed by atoms with E-state index < -0.39 is 6.98 Å². The second kappa shape index (κ2) is 6.54. The van der Waals surface area contributed by atoms with Gasteiger partial charge < -0.3 is 4.90 Å². The summed E-state index contributed by atoms with van der Waals surface area (Å²) in [5, 5.41) is 0. The Kier molecular flexibility index (Phi) is 3.31. The van der Waals surface area contributed by atoms with Gasteiger partial charge in [-0.2, -0.15) is 0 Å². The third kappa shape index (κ3) is 10.8. The molecule has 1 nitrogen and oxygen atoms in total. The molecule has 0 aromatic rings. The summed E-state index contributed by atoms with van der Waals surface area (Å²) in [6, 6.07) is 0. The van der Waals surface area contributed by atoms with Crippen LogP contribution < -0.4 is 0 Å². The molecule has 0 saturated carbocycles. The minimum absolute atomic E-state index is 0. The maximum atomic E-state index is 6.87. The van der Waals surface area contributed by atoms with Crippen molar-refractivity contribution in [2.24, 2.45) is 0 Å². The summed E-state index contributed by atoms with van der Waals surface area (Å²) < 4.78 is 27.4. The van der Waals surface area contributed by atoms with Gasteiger partial charge >= 0.3 is 0 Å². The van der Waals surface area contributed by atoms with E-state index in [2.05, 4.69) is 0 Å². The van der Waals surface area contributed by atoms with Crippen molar-refractivity contribution >= 4 is 24.0 Å². The molecule has 0 aromatic carbocycles. The highest BCUT2D eigenvalue weighted by molar-refractivity contribution is 6.18. The second-order valence-corrected chi connectivity index (χ2v) is 1.33. The van der Waals surface area contributed by atoms with Crippen LogP contribution in [0, 0.1) is 0 Å². The van der Waals surface area contributed by atoms with Crippen LogP contribution in [0.4, 0.5) is 0 Å². The van der Waals surface area contributed by atoms with Crippen molar-refractivity contribution in [3.63, 3.8) is 0 Å². The molecule has 0 amide bonds. The van der Waals surface area contributed by atoms with Crippen molar-refractivity contribution in [3.05, 3.63) is 0 Å². The van der Waals surface area contributed by atoms with Crippen LogP contribution >= 0.6 is 24.0 Å². The Morgan fingerprint density at radius 2 is 2.57 bits per heavy atom. The fourth-order valence-corrected chi connectivity index (χ4v) is 0.306. The lowest BCUT2D eigenvalue weighted by molar-refractivity contribution is 0.436. The van der Waals surface area contributed by atoms with Crippen molar-refractivity contribution in [2.75, 3.05) is 26.4 Å². The summed E-state index contributed by atoms with van der Waals surface area (Å²) >= 11 is 5.31. The molecule has 0 unspecified atom stereocenters. The van der Waals surface area contributed by atoms with E-state index in [0.717, 1.165) is 4.90 Å². The van der Waals surface area contributed by atoms with Gasteiger partial charge in [0, 0.05) is 17.9 Å². The third-order valence-electron chi connectivity index (χ3n) is 0.354. The van der Waals surface area contributed by atoms with E-state index in [1.807, 2.05) is 0 Å². The molecule has 0 bridgehead atoms. The molecular formula is C4H11Cl2N. The van der Waals surface area contributed by atoms with Crippen LogP contribution in [0.15, 0.2) is 0 Å². The lowest BCUT2D eigenvalue weighted by atomic mass is 10.7. The SMILES string of the molecule is Cl.[2H]CN(CCCl)C([2H])([2H])[2H]. The van der Waals surface area contributed by atoms with Gasteiger partial charge in [-0.25, -0.2) is 0 Å². The number of halogens is 2. The quantitative estimate of drug-likeness (QED) is 0.532. The van der Waals surface area contributed by atoms with Crippen molar-refractivity contribution in [1.29, 1.82) is 0 Å². The third-order valence-corrected chi connectivity index (χ3v) is 0.523. The maximum Gasteiger partial charge on any atom is 0.0394 e. The average molecular weight is 148 g/mol. The average Bonchev–Trinajstić information content (AvgIpc) is 1.80. The monoisotopic (exact) mass is 147 g/mol. The maximum absolute atomic E-state index is 6.87. The molecule has 0 spiro atoms. The molecule has 0 N–H and O–H groups in total. The Morgan fingerprint density at radius 1 is 1.86 bits per heavy atom. The molecule has 0 atom stereocenters. The standard InChI is InChI=1S/C4H10ClN.ClH/c1-6(2)4-3-5;/h3-4H2,1-2H3;1H/i1D,2D3;. The van der Waals surface area contributed by atoms with E-state index in [9.17, 15) is 0 Å². The van der Waals surface area contributed by atoms with Crippen LogP contribution in [0.3, 0.4) is 0 Å². The minimum Gasteiger partial charge on any atom is -0.308 e. The number of hydrogen-bond donors (Lipinski definition) is 0. The molecule has 3 heteroatoms. The van der Waals surface area contributed by atoms with Crippen molar-refractivity contribution in [2.45, 2.75) is 0 Å². The largest absolute Gasteiger partial charge is 0.308 e. The van der Waals surface area contributed by atoms with Gasteiger partial charge in [0.2, 0.25) is 0 Å². The van der Waals surface area contributed by atoms with Gasteiger partial charge in [-0.1, -0.05) is 0 Å². The summed E-state index contributed by atoms with van der Waals surface area (Å²) in [5.41, 5.74) is 0. The zero-order chi connectivity index (χ0) is 8.20. The normalized spacial score (nSPS) is 18.6. The fourth-order valence-electron chi connectivity index (χ4n) is 0.102. The smallest absolute Gasteiger partial charge is 0.0394 e. The van der Waals surface area contributed by atoms with Gasteiger partial charge in [0.25, 0.3) is 0 Å². The molecule has 0 aliphatic rings. The number of alkyl halides is 1. The summed E-state index contributed by atoms with van der Waals surface area (Å²) in [4.78, 5) is 1.03. The number of nitrogens with zero attached hydrogens (tertiary/aromatic N) is 1. The molecular weight excluding hydrogens is 133 g/mol. The van der Waals surface area contributed by atoms with Gasteiger partial charge in [0.15, 0.2) is 0 Å². The van der Waals surface area contributed by atoms with Gasteiger partial charge in [0.1, 0.15) is 0 Å². The molecule has 0 aliphatic carbocycles. The van der Waals surface area contributed by atoms with E-state index in [0.29, 0.717) is 0 Å². The first-order chi connectivity index (χ1) is 4.52. The Morgan fingerprint density at radius 3 is 2.71 bits per heavy atom. The van der Waals surface area contributed by atoms with Crippen LogP contribution in [0.2, 0.25) is 0 Å². The summed E-state index contributed by atoms with van der Waals surface area (Å²) in [5.74, 6) is 0.247. The zero-order valence-corrected chi connectivity index (χ0v) is 5.43. The van der Waals surface area contributed by atoms with E-state index in [1.165, 1.54) is 0 Å². The molecule has 0 fully saturated rings. The van der Waals surface area contributed by atoms with Crippen LogP contribution in [-0.4, -0.2) is 31.3 Å². The first-order valence-corrected chi connectivity index (χ1v) is 2.16. The molecule has 0 saturated heterocycles. The van der Waals surface area contributed by atoms with Gasteiger partial charge in [-0.3, -0.25) is 0 Å². The Bertz CT molecular complexity index is 96.6. The highest BCUT2D eigenvalue weighted by Crippen LogP contribution is 1.75. The van der Waals surface area contributed by atoms with Crippen LogP contribution in [0.5, 0.6) is 0 Å². The predicted octanol–water partition coefficient (Wildman–Crippen LogP) is 1.21. The van der Waals surface area contributed by atoms with Crippen molar-refractivity contribution < 1.29 is 5.48 Å². The first-order valence-electron chi connectivity index (χ1n) is 3.83. The number of rotatable bonds is 2. The summed E-state index contributed by atoms with van der Waals surface area (Å²) in [7, 11) is -0.233. The molecule has 0 aromatic heterocycles. The second-order valence-electron chi connectivity index (χ2n) is 0.952. The molecule has 0 radical (unpaired) electrons. The van der Waals surface area contributed by atoms with E-state index in [4.69, 9.17) is 17.1 Å². The lowest BCUT2D eigenvalue weighted by Gasteiger charge is -2.02. The zero-order valence-electron chi connectivity index (χ0n) is 7.85. The summed E-state index contributed by atoms with van der Waals surface area (Å²) in [6.45, 7) is -1.93. The molecule has 0 rings (SSSR count). The van der Waals surface area contributed by atoms with Crippen LogP contribution in [0.25, 0.3) is 0 Å². The van der Waals surface area contributed by atoms with E-state index in [1.54, 1.807) is 0 Å². The molecule has 46 valence electrons. The highest BCUT2D eigenvalue weighted by atomic mass is 35.5. The minimum atomic E-state index is -2.17. The highest BCUT2D eigenvalue weighted by Gasteiger charge is 1.81. The Balaban J connectivity index is 0. The van der Waals surface area contributed by atoms with Crippen molar-refractivity contribution in [1.82, 2.24) is 4.90 Å². The van der Waals surface area contributed by atoms with Gasteiger partial charge in [-0.15, -0.1) is 24.0 Å². The Labute approximate surface area is 61.7 Å². The first kappa shape index (κ1) is 3.54. The molecule has 0 heterocycles. The van der Waals surface area contributed by atoms with E-state index >= 15 is 0 Å². The lowest BCUT2D eigenvalue weighted by Crippen LogP contribution is -2.13. The topological polar surface area (TPSA) is 3.24 Å². The van der Waals surface area contributed by atoms with Gasteiger partial charge in [-0.05, 0) is 14.0 Å². The van der Waals surface area contributed by atoms with Crippen LogP contribution in [-0.2, 0) is 0 Å². The summed E-state index contributed by atoms with van der Waals surface area (Å²) in [6.07, 6.45) is 0. The predicted molar refractivity (Wildman–Crippen MR) is 36.5 cm³/mol.